The quantitative estimate of drug-likeness (QED) is 0.804. The van der Waals surface area contributed by atoms with Crippen LogP contribution in [0.15, 0.2) is 24.3 Å². The maximum absolute atomic E-state index is 11.2. The normalized spacial score (nSPS) is 17.7. The number of hydrogen-bond donors (Lipinski definition) is 2. The lowest BCUT2D eigenvalue weighted by atomic mass is 10.1. The van der Waals surface area contributed by atoms with E-state index in [4.69, 9.17) is 5.73 Å². The number of nitrogens with two attached hydrogens (primary N) is 1. The minimum Gasteiger partial charge on any atom is -0.369 e. The largest absolute Gasteiger partial charge is 0.369 e. The van der Waals surface area contributed by atoms with Crippen molar-refractivity contribution in [1.29, 1.82) is 0 Å². The van der Waals surface area contributed by atoms with Crippen LogP contribution in [0.2, 0.25) is 0 Å². The molecule has 0 radical (unpaired) electrons. The van der Waals surface area contributed by atoms with E-state index in [9.17, 15) is 4.79 Å². The topological polar surface area (TPSA) is 61.6 Å². The second-order valence-corrected chi connectivity index (χ2v) is 5.70. The van der Waals surface area contributed by atoms with Gasteiger partial charge in [-0.05, 0) is 38.1 Å². The zero-order valence-electron chi connectivity index (χ0n) is 13.0. The molecule has 21 heavy (non-hydrogen) atoms. The van der Waals surface area contributed by atoms with Gasteiger partial charge in [0.2, 0.25) is 5.91 Å². The summed E-state index contributed by atoms with van der Waals surface area (Å²) in [5.41, 5.74) is 7.95. The van der Waals surface area contributed by atoms with Gasteiger partial charge in [0.25, 0.3) is 0 Å². The molecule has 1 unspecified atom stereocenters. The second kappa shape index (κ2) is 7.43. The van der Waals surface area contributed by atoms with Crippen LogP contribution in [0.3, 0.4) is 0 Å². The SMILES string of the molecule is CNC(CCN1CCN(c2cccc(C)c2)CC1)C(N)=O. The Morgan fingerprint density at radius 3 is 2.62 bits per heavy atom. The summed E-state index contributed by atoms with van der Waals surface area (Å²) in [5.74, 6) is -0.268. The number of aryl methyl sites for hydroxylation is 1. The lowest BCUT2D eigenvalue weighted by Crippen LogP contribution is -2.48. The van der Waals surface area contributed by atoms with Gasteiger partial charge in [0.05, 0.1) is 6.04 Å². The number of piperazine rings is 1. The predicted octanol–water partition coefficient (Wildman–Crippen LogP) is 0.580. The number of hydrogen-bond acceptors (Lipinski definition) is 4. The number of amides is 1. The van der Waals surface area contributed by atoms with E-state index in [1.54, 1.807) is 7.05 Å². The molecule has 1 atom stereocenters. The van der Waals surface area contributed by atoms with Crippen molar-refractivity contribution >= 4 is 11.6 Å². The highest BCUT2D eigenvalue weighted by molar-refractivity contribution is 5.79. The van der Waals surface area contributed by atoms with Gasteiger partial charge < -0.3 is 16.0 Å². The molecular weight excluding hydrogens is 264 g/mol. The maximum Gasteiger partial charge on any atom is 0.234 e. The molecule has 5 nitrogen and oxygen atoms in total. The fourth-order valence-electron chi connectivity index (χ4n) is 2.79. The standard InChI is InChI=1S/C16H26N4O/c1-13-4-3-5-14(12-13)20-10-8-19(9-11-20)7-6-15(18-2)16(17)21/h3-5,12,15,18H,6-11H2,1-2H3,(H2,17,21). The van der Waals surface area contributed by atoms with Crippen LogP contribution < -0.4 is 16.0 Å². The van der Waals surface area contributed by atoms with Crippen LogP contribution in [0.4, 0.5) is 5.69 Å². The maximum atomic E-state index is 11.2. The van der Waals surface area contributed by atoms with Gasteiger partial charge in [-0.1, -0.05) is 12.1 Å². The second-order valence-electron chi connectivity index (χ2n) is 5.70. The molecule has 1 aromatic rings. The third-order valence-electron chi connectivity index (χ3n) is 4.17. The van der Waals surface area contributed by atoms with Gasteiger partial charge >= 0.3 is 0 Å². The van der Waals surface area contributed by atoms with Gasteiger partial charge in [-0.3, -0.25) is 9.69 Å². The van der Waals surface area contributed by atoms with E-state index in [-0.39, 0.29) is 11.9 Å². The van der Waals surface area contributed by atoms with Crippen LogP contribution in [0, 0.1) is 6.92 Å². The molecule has 1 saturated heterocycles. The highest BCUT2D eigenvalue weighted by Gasteiger charge is 2.19. The summed E-state index contributed by atoms with van der Waals surface area (Å²) in [6, 6.07) is 8.43. The molecule has 0 aliphatic carbocycles. The van der Waals surface area contributed by atoms with E-state index in [1.807, 2.05) is 0 Å². The van der Waals surface area contributed by atoms with Gasteiger partial charge in [-0.25, -0.2) is 0 Å². The number of carbonyl (C=O) groups is 1. The first kappa shape index (κ1) is 15.8. The van der Waals surface area contributed by atoms with Crippen molar-refractivity contribution in [3.8, 4) is 0 Å². The number of nitrogens with one attached hydrogen (secondary N) is 1. The molecule has 1 aromatic carbocycles. The van der Waals surface area contributed by atoms with Crippen LogP contribution >= 0.6 is 0 Å². The molecule has 3 N–H and O–H groups in total. The summed E-state index contributed by atoms with van der Waals surface area (Å²) in [4.78, 5) is 16.0. The van der Waals surface area contributed by atoms with E-state index in [0.29, 0.717) is 0 Å². The Morgan fingerprint density at radius 1 is 1.33 bits per heavy atom. The minimum absolute atomic E-state index is 0.222. The van der Waals surface area contributed by atoms with Gasteiger partial charge in [0, 0.05) is 38.4 Å². The average Bonchev–Trinajstić information content (AvgIpc) is 2.48. The monoisotopic (exact) mass is 290 g/mol. The summed E-state index contributed by atoms with van der Waals surface area (Å²) in [7, 11) is 1.78. The summed E-state index contributed by atoms with van der Waals surface area (Å²) < 4.78 is 0. The van der Waals surface area contributed by atoms with E-state index in [2.05, 4.69) is 46.3 Å². The first-order valence-electron chi connectivity index (χ1n) is 7.60. The number of rotatable bonds is 6. The van der Waals surface area contributed by atoms with Crippen molar-refractivity contribution in [2.45, 2.75) is 19.4 Å². The average molecular weight is 290 g/mol. The molecule has 0 bridgehead atoms. The number of primary amides is 1. The van der Waals surface area contributed by atoms with Crippen LogP contribution in [-0.4, -0.2) is 56.6 Å². The molecule has 1 amide bonds. The van der Waals surface area contributed by atoms with E-state index >= 15 is 0 Å². The Kier molecular flexibility index (Phi) is 5.59. The molecule has 0 spiro atoms. The van der Waals surface area contributed by atoms with Gasteiger partial charge in [-0.2, -0.15) is 0 Å². The number of benzene rings is 1. The van der Waals surface area contributed by atoms with E-state index < -0.39 is 0 Å². The molecule has 1 aliphatic rings. The fourth-order valence-corrected chi connectivity index (χ4v) is 2.79. The van der Waals surface area contributed by atoms with Crippen LogP contribution in [0.5, 0.6) is 0 Å². The summed E-state index contributed by atoms with van der Waals surface area (Å²) in [6.45, 7) is 7.17. The Labute approximate surface area is 127 Å². The van der Waals surface area contributed by atoms with Gasteiger partial charge in [-0.15, -0.1) is 0 Å². The molecule has 1 aliphatic heterocycles. The molecule has 0 saturated carbocycles. The first-order chi connectivity index (χ1) is 10.1. The Balaban J connectivity index is 1.79. The molecule has 1 fully saturated rings. The van der Waals surface area contributed by atoms with E-state index in [0.717, 1.165) is 39.1 Å². The highest BCUT2D eigenvalue weighted by atomic mass is 16.1. The third kappa shape index (κ3) is 4.44. The summed E-state index contributed by atoms with van der Waals surface area (Å²) in [5, 5.41) is 2.97. The molecule has 2 rings (SSSR count). The van der Waals surface area contributed by atoms with Crippen LogP contribution in [0.1, 0.15) is 12.0 Å². The molecule has 1 heterocycles. The number of likely N-dealkylation sites (N-methyl/N-ethyl adjacent to an activating group) is 1. The first-order valence-corrected chi connectivity index (χ1v) is 7.60. The molecule has 116 valence electrons. The summed E-state index contributed by atoms with van der Waals surface area (Å²) >= 11 is 0. The Morgan fingerprint density at radius 2 is 2.05 bits per heavy atom. The van der Waals surface area contributed by atoms with Gasteiger partial charge in [0.1, 0.15) is 0 Å². The molecule has 5 heteroatoms. The van der Waals surface area contributed by atoms with Crippen molar-refractivity contribution < 1.29 is 4.79 Å². The van der Waals surface area contributed by atoms with Crippen molar-refractivity contribution in [2.75, 3.05) is 44.7 Å². The smallest absolute Gasteiger partial charge is 0.234 e. The third-order valence-corrected chi connectivity index (χ3v) is 4.17. The highest BCUT2D eigenvalue weighted by Crippen LogP contribution is 2.17. The molecule has 0 aromatic heterocycles. The number of carbonyl (C=O) groups excluding carboxylic acids is 1. The minimum atomic E-state index is -0.268. The zero-order valence-corrected chi connectivity index (χ0v) is 13.0. The zero-order chi connectivity index (χ0) is 15.2. The number of anilines is 1. The van der Waals surface area contributed by atoms with Crippen LogP contribution in [-0.2, 0) is 4.79 Å². The summed E-state index contributed by atoms with van der Waals surface area (Å²) in [6.07, 6.45) is 0.774. The van der Waals surface area contributed by atoms with Crippen molar-refractivity contribution in [3.63, 3.8) is 0 Å². The van der Waals surface area contributed by atoms with Gasteiger partial charge in [0.15, 0.2) is 0 Å². The lowest BCUT2D eigenvalue weighted by molar-refractivity contribution is -0.120. The van der Waals surface area contributed by atoms with Crippen molar-refractivity contribution in [1.82, 2.24) is 10.2 Å². The molecular formula is C16H26N4O. The Bertz CT molecular complexity index is 469. The van der Waals surface area contributed by atoms with Crippen LogP contribution in [0.25, 0.3) is 0 Å². The predicted molar refractivity (Wildman–Crippen MR) is 86.5 cm³/mol. The fraction of sp³-hybridized carbons (Fsp3) is 0.562. The number of nitrogens with zero attached hydrogens (tertiary/aromatic N) is 2. The Hall–Kier alpha value is -1.59. The van der Waals surface area contributed by atoms with Crippen molar-refractivity contribution in [2.24, 2.45) is 5.73 Å². The van der Waals surface area contributed by atoms with E-state index in [1.165, 1.54) is 11.3 Å². The van der Waals surface area contributed by atoms with Crippen molar-refractivity contribution in [3.05, 3.63) is 29.8 Å². The lowest BCUT2D eigenvalue weighted by Gasteiger charge is -2.36.